The molecule has 27 heavy (non-hydrogen) atoms. The first-order chi connectivity index (χ1) is 12.5. The molecule has 8 heteroatoms. The van der Waals surface area contributed by atoms with E-state index in [1.54, 1.807) is 42.9 Å². The molecule has 0 saturated heterocycles. The Hall–Kier alpha value is -2.06. The summed E-state index contributed by atoms with van der Waals surface area (Å²) in [5, 5.41) is 5.03. The maximum atomic E-state index is 12.6. The van der Waals surface area contributed by atoms with Crippen LogP contribution in [0.4, 0.5) is 0 Å². The summed E-state index contributed by atoms with van der Waals surface area (Å²) in [6.45, 7) is 3.13. The Kier molecular flexibility index (Phi) is 7.67. The van der Waals surface area contributed by atoms with Crippen molar-refractivity contribution in [3.63, 3.8) is 0 Å². The van der Waals surface area contributed by atoms with E-state index in [1.165, 1.54) is 0 Å². The van der Waals surface area contributed by atoms with E-state index < -0.39 is 10.0 Å². The normalized spacial score (nSPS) is 12.5. The minimum Gasteiger partial charge on any atom is -0.315 e. The minimum absolute atomic E-state index is 0. The van der Waals surface area contributed by atoms with E-state index in [4.69, 9.17) is 0 Å². The summed E-state index contributed by atoms with van der Waals surface area (Å²) in [5.41, 5.74) is 1.01. The molecule has 6 nitrogen and oxygen atoms in total. The van der Waals surface area contributed by atoms with Crippen LogP contribution >= 0.6 is 12.4 Å². The fourth-order valence-electron chi connectivity index (χ4n) is 2.68. The first-order valence-electron chi connectivity index (χ1n) is 8.51. The van der Waals surface area contributed by atoms with Crippen molar-refractivity contribution in [3.8, 4) is 0 Å². The van der Waals surface area contributed by atoms with Crippen molar-refractivity contribution in [2.75, 3.05) is 13.1 Å². The first kappa shape index (κ1) is 21.2. The molecule has 1 unspecified atom stereocenters. The van der Waals surface area contributed by atoms with Gasteiger partial charge in [-0.3, -0.25) is 9.97 Å². The number of pyridine rings is 2. The lowest BCUT2D eigenvalue weighted by Crippen LogP contribution is -2.40. The molecule has 2 N–H and O–H groups in total. The van der Waals surface area contributed by atoms with Gasteiger partial charge in [0.25, 0.3) is 0 Å². The van der Waals surface area contributed by atoms with Crippen molar-refractivity contribution < 1.29 is 8.42 Å². The van der Waals surface area contributed by atoms with E-state index in [-0.39, 0.29) is 23.3 Å². The van der Waals surface area contributed by atoms with Crippen LogP contribution in [0.5, 0.6) is 0 Å². The summed E-state index contributed by atoms with van der Waals surface area (Å²) in [4.78, 5) is 8.56. The molecule has 2 aromatic heterocycles. The van der Waals surface area contributed by atoms with E-state index in [0.717, 1.165) is 29.4 Å². The Morgan fingerprint density at radius 1 is 1.07 bits per heavy atom. The van der Waals surface area contributed by atoms with Gasteiger partial charge in [0.2, 0.25) is 10.0 Å². The number of hydrogen-bond acceptors (Lipinski definition) is 5. The highest BCUT2D eigenvalue weighted by Crippen LogP contribution is 2.18. The predicted molar refractivity (Wildman–Crippen MR) is 110 cm³/mol. The van der Waals surface area contributed by atoms with E-state index in [1.807, 2.05) is 25.1 Å². The molecule has 0 saturated carbocycles. The molecule has 0 spiro atoms. The van der Waals surface area contributed by atoms with Crippen LogP contribution in [0.1, 0.15) is 12.6 Å². The van der Waals surface area contributed by atoms with E-state index in [0.29, 0.717) is 6.54 Å². The maximum absolute atomic E-state index is 12.6. The molecular formula is C19H23ClN4O2S. The van der Waals surface area contributed by atoms with Crippen molar-refractivity contribution in [1.82, 2.24) is 20.0 Å². The van der Waals surface area contributed by atoms with Gasteiger partial charge in [-0.2, -0.15) is 0 Å². The molecule has 0 aliphatic rings. The third-order valence-electron chi connectivity index (χ3n) is 4.01. The van der Waals surface area contributed by atoms with Gasteiger partial charge < -0.3 is 5.32 Å². The quantitative estimate of drug-likeness (QED) is 0.561. The summed E-state index contributed by atoms with van der Waals surface area (Å²) >= 11 is 0. The fourth-order valence-corrected chi connectivity index (χ4v) is 3.96. The minimum atomic E-state index is -3.56. The molecule has 0 aliphatic carbocycles. The summed E-state index contributed by atoms with van der Waals surface area (Å²) in [5.74, 6) is 0. The number of hydrogen-bond donors (Lipinski definition) is 2. The summed E-state index contributed by atoms with van der Waals surface area (Å²) in [7, 11) is -3.56. The average Bonchev–Trinajstić information content (AvgIpc) is 2.65. The van der Waals surface area contributed by atoms with Gasteiger partial charge in [-0.1, -0.05) is 12.1 Å². The molecule has 0 aliphatic heterocycles. The number of benzene rings is 1. The molecule has 2 heterocycles. The molecule has 3 rings (SSSR count). The van der Waals surface area contributed by atoms with Crippen LogP contribution in [-0.2, 0) is 16.4 Å². The Labute approximate surface area is 165 Å². The highest BCUT2D eigenvalue weighted by molar-refractivity contribution is 7.89. The van der Waals surface area contributed by atoms with Crippen molar-refractivity contribution in [2.24, 2.45) is 0 Å². The molecule has 0 amide bonds. The van der Waals surface area contributed by atoms with Crippen molar-refractivity contribution in [3.05, 3.63) is 66.7 Å². The van der Waals surface area contributed by atoms with Crippen molar-refractivity contribution in [2.45, 2.75) is 24.3 Å². The first-order valence-corrected chi connectivity index (χ1v) is 10.00. The summed E-state index contributed by atoms with van der Waals surface area (Å²) < 4.78 is 27.9. The molecular weight excluding hydrogens is 384 g/mol. The maximum Gasteiger partial charge on any atom is 0.240 e. The molecule has 0 radical (unpaired) electrons. The highest BCUT2D eigenvalue weighted by atomic mass is 35.5. The number of nitrogens with zero attached hydrogens (tertiary/aromatic N) is 2. The Bertz CT molecular complexity index is 968. The Morgan fingerprint density at radius 2 is 1.93 bits per heavy atom. The van der Waals surface area contributed by atoms with E-state index >= 15 is 0 Å². The summed E-state index contributed by atoms with van der Waals surface area (Å²) in [6, 6.07) is 12.4. The topological polar surface area (TPSA) is 84.0 Å². The molecule has 1 aromatic carbocycles. The van der Waals surface area contributed by atoms with Gasteiger partial charge in [-0.15, -0.1) is 12.4 Å². The van der Waals surface area contributed by atoms with Crippen molar-refractivity contribution >= 4 is 33.2 Å². The zero-order chi connectivity index (χ0) is 18.4. The van der Waals surface area contributed by atoms with Gasteiger partial charge in [-0.25, -0.2) is 13.1 Å². The van der Waals surface area contributed by atoms with E-state index in [2.05, 4.69) is 20.0 Å². The number of rotatable bonds is 8. The largest absolute Gasteiger partial charge is 0.315 e. The number of nitrogens with one attached hydrogen (secondary N) is 2. The third kappa shape index (κ3) is 5.97. The van der Waals surface area contributed by atoms with Crippen LogP contribution < -0.4 is 10.0 Å². The van der Waals surface area contributed by atoms with Crippen LogP contribution in [0.2, 0.25) is 0 Å². The number of fused-ring (bicyclic) bond motifs is 1. The van der Waals surface area contributed by atoms with E-state index in [9.17, 15) is 8.42 Å². The zero-order valence-corrected chi connectivity index (χ0v) is 16.6. The van der Waals surface area contributed by atoms with Crippen molar-refractivity contribution in [1.29, 1.82) is 0 Å². The predicted octanol–water partition coefficient (Wildman–Crippen LogP) is 2.55. The SMILES string of the molecule is CC(CNCCc1ccccn1)NS(=O)(=O)c1ccc2cnccc2c1.Cl. The second kappa shape index (κ2) is 9.75. The van der Waals surface area contributed by atoms with Gasteiger partial charge in [-0.05, 0) is 42.6 Å². The number of sulfonamides is 1. The van der Waals surface area contributed by atoms with Crippen LogP contribution in [-0.4, -0.2) is 37.5 Å². The zero-order valence-electron chi connectivity index (χ0n) is 15.0. The van der Waals surface area contributed by atoms with Gasteiger partial charge in [0, 0.05) is 55.2 Å². The Balaban J connectivity index is 0.00000261. The molecule has 1 atom stereocenters. The third-order valence-corrected chi connectivity index (χ3v) is 5.60. The second-order valence-electron chi connectivity index (χ2n) is 6.18. The lowest BCUT2D eigenvalue weighted by atomic mass is 10.2. The monoisotopic (exact) mass is 406 g/mol. The molecule has 3 aromatic rings. The smallest absolute Gasteiger partial charge is 0.240 e. The van der Waals surface area contributed by atoms with Gasteiger partial charge in [0.1, 0.15) is 0 Å². The van der Waals surface area contributed by atoms with Gasteiger partial charge >= 0.3 is 0 Å². The fraction of sp³-hybridized carbons (Fsp3) is 0.263. The van der Waals surface area contributed by atoms with Crippen LogP contribution in [0.3, 0.4) is 0 Å². The average molecular weight is 407 g/mol. The number of halogens is 1. The molecule has 0 fully saturated rings. The summed E-state index contributed by atoms with van der Waals surface area (Å²) in [6.07, 6.45) is 5.94. The van der Waals surface area contributed by atoms with Gasteiger partial charge in [0.05, 0.1) is 4.90 Å². The Morgan fingerprint density at radius 3 is 2.70 bits per heavy atom. The number of aromatic nitrogens is 2. The van der Waals surface area contributed by atoms with Crippen LogP contribution in [0.25, 0.3) is 10.8 Å². The molecule has 144 valence electrons. The highest BCUT2D eigenvalue weighted by Gasteiger charge is 2.17. The van der Waals surface area contributed by atoms with Crippen LogP contribution in [0, 0.1) is 0 Å². The standard InChI is InChI=1S/C19H22N4O2S.ClH/c1-15(13-20-11-8-18-4-2-3-9-22-18)23-26(24,25)19-6-5-17-14-21-10-7-16(17)12-19;/h2-7,9-10,12,14-15,20,23H,8,11,13H2,1H3;1H. The van der Waals surface area contributed by atoms with Crippen LogP contribution in [0.15, 0.2) is 66.0 Å². The second-order valence-corrected chi connectivity index (χ2v) is 7.90. The lowest BCUT2D eigenvalue weighted by molar-refractivity contribution is 0.537. The van der Waals surface area contributed by atoms with Gasteiger partial charge in [0.15, 0.2) is 0 Å². The lowest BCUT2D eigenvalue weighted by Gasteiger charge is -2.15. The molecule has 0 bridgehead atoms.